The van der Waals surface area contributed by atoms with Crippen LogP contribution in [0.1, 0.15) is 53.0 Å². The van der Waals surface area contributed by atoms with Crippen LogP contribution in [0.2, 0.25) is 0 Å². The van der Waals surface area contributed by atoms with Crippen LogP contribution in [0, 0.1) is 0 Å². The Labute approximate surface area is 174 Å². The molecule has 29 heavy (non-hydrogen) atoms. The summed E-state index contributed by atoms with van der Waals surface area (Å²) in [6.45, 7) is 0.653. The molecular formula is C23H23N3O2S. The Morgan fingerprint density at radius 3 is 2.62 bits per heavy atom. The number of hydrogen-bond donors (Lipinski definition) is 2. The van der Waals surface area contributed by atoms with Gasteiger partial charge in [0.15, 0.2) is 0 Å². The summed E-state index contributed by atoms with van der Waals surface area (Å²) in [6, 6.07) is 14.6. The average molecular weight is 406 g/mol. The third-order valence-corrected chi connectivity index (χ3v) is 5.94. The van der Waals surface area contributed by atoms with Crippen molar-refractivity contribution in [1.82, 2.24) is 9.69 Å². The molecule has 0 fully saturated rings. The van der Waals surface area contributed by atoms with Crippen LogP contribution in [-0.4, -0.2) is 22.7 Å². The molecule has 148 valence electrons. The largest absolute Gasteiger partial charge is 0.352 e. The Kier molecular flexibility index (Phi) is 6.00. The monoisotopic (exact) mass is 405 g/mol. The van der Waals surface area contributed by atoms with E-state index in [4.69, 9.17) is 0 Å². The minimum atomic E-state index is -0.250. The smallest absolute Gasteiger partial charge is 0.276 e. The molecule has 6 heteroatoms. The van der Waals surface area contributed by atoms with Crippen molar-refractivity contribution >= 4 is 39.1 Å². The van der Waals surface area contributed by atoms with Gasteiger partial charge in [0.05, 0.1) is 4.70 Å². The highest BCUT2D eigenvalue weighted by Crippen LogP contribution is 2.23. The van der Waals surface area contributed by atoms with Gasteiger partial charge in [-0.2, -0.15) is 4.37 Å². The van der Waals surface area contributed by atoms with Crippen LogP contribution in [0.4, 0.5) is 5.69 Å². The molecule has 1 heterocycles. The van der Waals surface area contributed by atoms with Gasteiger partial charge in [-0.15, -0.1) is 0 Å². The number of carbonyl (C=O) groups is 2. The average Bonchev–Trinajstić information content (AvgIpc) is 3.19. The number of nitrogens with zero attached hydrogens (tertiary/aromatic N) is 1. The zero-order chi connectivity index (χ0) is 20.1. The fourth-order valence-electron chi connectivity index (χ4n) is 3.52. The Morgan fingerprint density at radius 2 is 1.83 bits per heavy atom. The maximum Gasteiger partial charge on any atom is 0.276 e. The Bertz CT molecular complexity index is 1050. The molecule has 2 N–H and O–H groups in total. The van der Waals surface area contributed by atoms with Gasteiger partial charge in [-0.25, -0.2) is 0 Å². The van der Waals surface area contributed by atoms with Crippen molar-refractivity contribution in [2.45, 2.75) is 32.1 Å². The molecule has 0 unspecified atom stereocenters. The van der Waals surface area contributed by atoms with E-state index >= 15 is 0 Å². The van der Waals surface area contributed by atoms with Crippen molar-refractivity contribution in [2.75, 3.05) is 11.9 Å². The third kappa shape index (κ3) is 4.71. The van der Waals surface area contributed by atoms with Crippen LogP contribution in [0.3, 0.4) is 0 Å². The first-order valence-electron chi connectivity index (χ1n) is 9.92. The van der Waals surface area contributed by atoms with Crippen molar-refractivity contribution in [1.29, 1.82) is 0 Å². The summed E-state index contributed by atoms with van der Waals surface area (Å²) >= 11 is 1.31. The number of rotatable bonds is 6. The summed E-state index contributed by atoms with van der Waals surface area (Å²) in [4.78, 5) is 24.9. The minimum Gasteiger partial charge on any atom is -0.352 e. The number of nitrogens with one attached hydrogen (secondary N) is 2. The molecule has 0 aliphatic heterocycles. The molecule has 0 saturated carbocycles. The van der Waals surface area contributed by atoms with E-state index in [0.717, 1.165) is 29.3 Å². The summed E-state index contributed by atoms with van der Waals surface area (Å²) in [6.07, 6.45) is 8.06. The number of carbonyl (C=O) groups excluding carboxylic acids is 2. The highest BCUT2D eigenvalue weighted by molar-refractivity contribution is 7.13. The van der Waals surface area contributed by atoms with Gasteiger partial charge in [-0.3, -0.25) is 9.59 Å². The molecule has 1 aromatic heterocycles. The predicted octanol–water partition coefficient (Wildman–Crippen LogP) is 5.17. The van der Waals surface area contributed by atoms with E-state index < -0.39 is 0 Å². The summed E-state index contributed by atoms with van der Waals surface area (Å²) in [5.41, 5.74) is 3.09. The van der Waals surface area contributed by atoms with Crippen molar-refractivity contribution in [3.63, 3.8) is 0 Å². The molecule has 4 rings (SSSR count). The van der Waals surface area contributed by atoms with Gasteiger partial charge >= 0.3 is 0 Å². The third-order valence-electron chi connectivity index (χ3n) is 5.11. The summed E-state index contributed by atoms with van der Waals surface area (Å²) in [5, 5.41) is 6.67. The van der Waals surface area contributed by atoms with Crippen molar-refractivity contribution in [3.05, 3.63) is 71.4 Å². The minimum absolute atomic E-state index is 0.0928. The quantitative estimate of drug-likeness (QED) is 0.556. The lowest BCUT2D eigenvalue weighted by Gasteiger charge is -2.13. The van der Waals surface area contributed by atoms with Gasteiger partial charge in [0.25, 0.3) is 11.8 Å². The molecule has 0 saturated heterocycles. The molecule has 2 amide bonds. The number of fused-ring (bicyclic) bond motifs is 1. The number of benzene rings is 2. The number of allylic oxidation sites excluding steroid dienone is 1. The molecule has 2 aromatic carbocycles. The van der Waals surface area contributed by atoms with E-state index in [-0.39, 0.29) is 11.8 Å². The lowest BCUT2D eigenvalue weighted by Crippen LogP contribution is -2.24. The first-order valence-corrected chi connectivity index (χ1v) is 10.7. The van der Waals surface area contributed by atoms with Crippen LogP contribution in [0.25, 0.3) is 10.1 Å². The lowest BCUT2D eigenvalue weighted by molar-refractivity contribution is 0.0953. The van der Waals surface area contributed by atoms with Crippen LogP contribution in [-0.2, 0) is 0 Å². The van der Waals surface area contributed by atoms with Gasteiger partial charge in [-0.1, -0.05) is 29.8 Å². The molecule has 0 bridgehead atoms. The first kappa shape index (κ1) is 19.3. The summed E-state index contributed by atoms with van der Waals surface area (Å²) in [7, 11) is 0. The predicted molar refractivity (Wildman–Crippen MR) is 118 cm³/mol. The van der Waals surface area contributed by atoms with Gasteiger partial charge in [-0.05, 0) is 74.0 Å². The number of amides is 2. The maximum atomic E-state index is 12.5. The maximum absolute atomic E-state index is 12.5. The number of anilines is 1. The van der Waals surface area contributed by atoms with E-state index in [1.807, 2.05) is 24.3 Å². The van der Waals surface area contributed by atoms with Gasteiger partial charge in [0.2, 0.25) is 0 Å². The molecule has 1 aliphatic carbocycles. The second kappa shape index (κ2) is 9.01. The summed E-state index contributed by atoms with van der Waals surface area (Å²) < 4.78 is 5.25. The Balaban J connectivity index is 1.33. The molecule has 0 spiro atoms. The molecular weight excluding hydrogens is 382 g/mol. The van der Waals surface area contributed by atoms with E-state index in [1.54, 1.807) is 24.3 Å². The van der Waals surface area contributed by atoms with Gasteiger partial charge in [0.1, 0.15) is 5.69 Å². The first-order chi connectivity index (χ1) is 14.2. The molecule has 0 atom stereocenters. The SMILES string of the molecule is O=C(NCCC1=CCCCC1)c1ccc(NC(=O)c2nsc3ccccc23)cc1. The number of aromatic nitrogens is 1. The second-order valence-electron chi connectivity index (χ2n) is 7.17. The van der Waals surface area contributed by atoms with Crippen LogP contribution >= 0.6 is 11.5 Å². The van der Waals surface area contributed by atoms with Crippen LogP contribution < -0.4 is 10.6 Å². The highest BCUT2D eigenvalue weighted by atomic mass is 32.1. The van der Waals surface area contributed by atoms with Gasteiger partial charge < -0.3 is 10.6 Å². The van der Waals surface area contributed by atoms with E-state index in [2.05, 4.69) is 21.1 Å². The Morgan fingerprint density at radius 1 is 1.00 bits per heavy atom. The van der Waals surface area contributed by atoms with E-state index in [0.29, 0.717) is 23.5 Å². The fraction of sp³-hybridized carbons (Fsp3) is 0.261. The van der Waals surface area contributed by atoms with E-state index in [9.17, 15) is 9.59 Å². The zero-order valence-electron chi connectivity index (χ0n) is 16.1. The highest BCUT2D eigenvalue weighted by Gasteiger charge is 2.14. The van der Waals surface area contributed by atoms with Crippen LogP contribution in [0.15, 0.2) is 60.2 Å². The molecule has 5 nitrogen and oxygen atoms in total. The van der Waals surface area contributed by atoms with Crippen molar-refractivity contribution in [3.8, 4) is 0 Å². The number of hydrogen-bond acceptors (Lipinski definition) is 4. The van der Waals surface area contributed by atoms with Gasteiger partial charge in [0, 0.05) is 23.2 Å². The van der Waals surface area contributed by atoms with Crippen molar-refractivity contribution < 1.29 is 9.59 Å². The summed E-state index contributed by atoms with van der Waals surface area (Å²) in [5.74, 6) is -0.342. The fourth-order valence-corrected chi connectivity index (χ4v) is 4.29. The molecule has 0 radical (unpaired) electrons. The normalized spacial score (nSPS) is 13.7. The topological polar surface area (TPSA) is 71.1 Å². The standard InChI is InChI=1S/C23H23N3O2S/c27-22(24-15-14-16-6-2-1-3-7-16)17-10-12-18(13-11-17)25-23(28)21-19-8-4-5-9-20(19)29-26-21/h4-6,8-13H,1-3,7,14-15H2,(H,24,27)(H,25,28). The molecule has 3 aromatic rings. The second-order valence-corrected chi connectivity index (χ2v) is 7.98. The molecule has 1 aliphatic rings. The van der Waals surface area contributed by atoms with E-state index in [1.165, 1.54) is 29.9 Å². The van der Waals surface area contributed by atoms with Crippen molar-refractivity contribution in [2.24, 2.45) is 0 Å². The van der Waals surface area contributed by atoms with Crippen LogP contribution in [0.5, 0.6) is 0 Å². The Hall–Kier alpha value is -2.99. The zero-order valence-corrected chi connectivity index (χ0v) is 16.9. The lowest BCUT2D eigenvalue weighted by atomic mass is 9.97.